The van der Waals surface area contributed by atoms with Crippen LogP contribution in [0.3, 0.4) is 0 Å². The predicted molar refractivity (Wildman–Crippen MR) is 108 cm³/mol. The fourth-order valence-corrected chi connectivity index (χ4v) is 2.81. The van der Waals surface area contributed by atoms with Crippen molar-refractivity contribution in [2.75, 3.05) is 19.7 Å². The van der Waals surface area contributed by atoms with Crippen LogP contribution in [-0.2, 0) is 0 Å². The second kappa shape index (κ2) is 21.0. The summed E-state index contributed by atoms with van der Waals surface area (Å²) in [7, 11) is 0. The maximum absolute atomic E-state index is 11.2. The van der Waals surface area contributed by atoms with Crippen molar-refractivity contribution in [3.8, 4) is 0 Å². The summed E-state index contributed by atoms with van der Waals surface area (Å²) in [4.78, 5) is 11.2. The van der Waals surface area contributed by atoms with Crippen LogP contribution < -0.4 is 10.6 Å². The number of carbonyl (C=O) groups excluding carboxylic acids is 1. The smallest absolute Gasteiger partial charge is 0.314 e. The van der Waals surface area contributed by atoms with E-state index in [2.05, 4.69) is 29.7 Å². The quantitative estimate of drug-likeness (QED) is 0.230. The van der Waals surface area contributed by atoms with Gasteiger partial charge in [0.2, 0.25) is 0 Å². The number of amides is 2. The Labute approximate surface area is 155 Å². The Kier molecular flexibility index (Phi) is 20.1. The van der Waals surface area contributed by atoms with Crippen LogP contribution in [0.15, 0.2) is 12.2 Å². The summed E-state index contributed by atoms with van der Waals surface area (Å²) in [6.07, 6.45) is 22.9. The Hall–Kier alpha value is -1.03. The van der Waals surface area contributed by atoms with Crippen molar-refractivity contribution in [1.82, 2.24) is 10.6 Å². The molecule has 0 aromatic rings. The average Bonchev–Trinajstić information content (AvgIpc) is 2.62. The van der Waals surface area contributed by atoms with E-state index in [4.69, 9.17) is 5.11 Å². The van der Waals surface area contributed by atoms with Crippen LogP contribution in [0.4, 0.5) is 4.79 Å². The fraction of sp³-hybridized carbons (Fsp3) is 0.857. The summed E-state index contributed by atoms with van der Waals surface area (Å²) >= 11 is 0. The Morgan fingerprint density at radius 2 is 1.20 bits per heavy atom. The summed E-state index contributed by atoms with van der Waals surface area (Å²) in [5, 5.41) is 14.0. The molecule has 0 unspecified atom stereocenters. The van der Waals surface area contributed by atoms with E-state index >= 15 is 0 Å². The minimum atomic E-state index is -0.179. The summed E-state index contributed by atoms with van der Waals surface area (Å²) in [6, 6.07) is -0.179. The lowest BCUT2D eigenvalue weighted by Gasteiger charge is -2.06. The maximum atomic E-state index is 11.2. The SMILES string of the molecule is CCCCCCCC/C=C\CCCCCCCCNC(=O)NCCO. The molecule has 0 saturated carbocycles. The van der Waals surface area contributed by atoms with E-state index in [1.165, 1.54) is 83.5 Å². The van der Waals surface area contributed by atoms with Crippen molar-refractivity contribution in [1.29, 1.82) is 0 Å². The number of carbonyl (C=O) groups is 1. The second-order valence-electron chi connectivity index (χ2n) is 6.84. The van der Waals surface area contributed by atoms with E-state index in [1.807, 2.05) is 0 Å². The minimum absolute atomic E-state index is 0.0122. The molecule has 4 nitrogen and oxygen atoms in total. The third-order valence-electron chi connectivity index (χ3n) is 4.37. The molecule has 0 bridgehead atoms. The van der Waals surface area contributed by atoms with Gasteiger partial charge in [0.1, 0.15) is 0 Å². The van der Waals surface area contributed by atoms with Crippen molar-refractivity contribution in [3.63, 3.8) is 0 Å². The molecule has 0 atom stereocenters. The van der Waals surface area contributed by atoms with E-state index in [9.17, 15) is 4.79 Å². The van der Waals surface area contributed by atoms with Crippen LogP contribution in [0.1, 0.15) is 96.8 Å². The molecule has 0 rings (SSSR count). The van der Waals surface area contributed by atoms with Gasteiger partial charge in [-0.05, 0) is 32.1 Å². The van der Waals surface area contributed by atoms with Gasteiger partial charge < -0.3 is 15.7 Å². The molecule has 0 radical (unpaired) electrons. The average molecular weight is 355 g/mol. The summed E-state index contributed by atoms with van der Waals surface area (Å²) < 4.78 is 0. The molecular weight excluding hydrogens is 312 g/mol. The van der Waals surface area contributed by atoms with Gasteiger partial charge in [0.25, 0.3) is 0 Å². The normalized spacial score (nSPS) is 11.1. The molecule has 0 saturated heterocycles. The van der Waals surface area contributed by atoms with E-state index in [1.54, 1.807) is 0 Å². The van der Waals surface area contributed by atoms with Gasteiger partial charge in [0.15, 0.2) is 0 Å². The lowest BCUT2D eigenvalue weighted by molar-refractivity contribution is 0.234. The third-order valence-corrected chi connectivity index (χ3v) is 4.37. The van der Waals surface area contributed by atoms with Crippen LogP contribution in [-0.4, -0.2) is 30.8 Å². The standard InChI is InChI=1S/C21H42N2O2/c1-2-3-4-5-6-7-8-9-10-11-12-13-14-15-16-17-18-22-21(25)23-19-20-24/h9-10,24H,2-8,11-20H2,1H3,(H2,22,23,25)/b10-9-. The van der Waals surface area contributed by atoms with Gasteiger partial charge in [-0.25, -0.2) is 4.79 Å². The molecule has 0 heterocycles. The van der Waals surface area contributed by atoms with Crippen LogP contribution in [0.25, 0.3) is 0 Å². The summed E-state index contributed by atoms with van der Waals surface area (Å²) in [5.41, 5.74) is 0. The van der Waals surface area contributed by atoms with Gasteiger partial charge in [-0.2, -0.15) is 0 Å². The Balaban J connectivity index is 3.13. The molecule has 0 aliphatic rings. The minimum Gasteiger partial charge on any atom is -0.395 e. The monoisotopic (exact) mass is 354 g/mol. The largest absolute Gasteiger partial charge is 0.395 e. The molecule has 3 N–H and O–H groups in total. The van der Waals surface area contributed by atoms with Crippen LogP contribution in [0, 0.1) is 0 Å². The number of hydrogen-bond acceptors (Lipinski definition) is 2. The Morgan fingerprint density at radius 1 is 0.720 bits per heavy atom. The molecule has 0 fully saturated rings. The van der Waals surface area contributed by atoms with Crippen molar-refractivity contribution in [3.05, 3.63) is 12.2 Å². The van der Waals surface area contributed by atoms with Crippen molar-refractivity contribution >= 4 is 6.03 Å². The molecule has 0 aliphatic carbocycles. The highest BCUT2D eigenvalue weighted by molar-refractivity contribution is 5.73. The number of urea groups is 1. The van der Waals surface area contributed by atoms with Crippen molar-refractivity contribution in [2.24, 2.45) is 0 Å². The zero-order valence-corrected chi connectivity index (χ0v) is 16.5. The van der Waals surface area contributed by atoms with Crippen LogP contribution in [0.5, 0.6) is 0 Å². The molecule has 4 heteroatoms. The van der Waals surface area contributed by atoms with Gasteiger partial charge in [0.05, 0.1) is 6.61 Å². The van der Waals surface area contributed by atoms with Crippen LogP contribution >= 0.6 is 0 Å². The zero-order valence-electron chi connectivity index (χ0n) is 16.5. The molecule has 0 aromatic heterocycles. The van der Waals surface area contributed by atoms with E-state index < -0.39 is 0 Å². The highest BCUT2D eigenvalue weighted by Gasteiger charge is 1.97. The molecule has 0 aliphatic heterocycles. The summed E-state index contributed by atoms with van der Waals surface area (Å²) in [5.74, 6) is 0. The fourth-order valence-electron chi connectivity index (χ4n) is 2.81. The molecule has 0 aromatic carbocycles. The topological polar surface area (TPSA) is 61.4 Å². The van der Waals surface area contributed by atoms with Crippen molar-refractivity contribution < 1.29 is 9.90 Å². The molecule has 2 amide bonds. The molecule has 25 heavy (non-hydrogen) atoms. The van der Waals surface area contributed by atoms with E-state index in [-0.39, 0.29) is 12.6 Å². The highest BCUT2D eigenvalue weighted by atomic mass is 16.3. The first-order valence-electron chi connectivity index (χ1n) is 10.6. The first kappa shape index (κ1) is 24.0. The van der Waals surface area contributed by atoms with Crippen molar-refractivity contribution in [2.45, 2.75) is 96.8 Å². The highest BCUT2D eigenvalue weighted by Crippen LogP contribution is 2.09. The number of nitrogens with one attached hydrogen (secondary N) is 2. The van der Waals surface area contributed by atoms with Gasteiger partial charge in [-0.1, -0.05) is 76.9 Å². The lowest BCUT2D eigenvalue weighted by Crippen LogP contribution is -2.37. The Bertz CT molecular complexity index is 306. The van der Waals surface area contributed by atoms with Gasteiger partial charge in [-0.15, -0.1) is 0 Å². The number of allylic oxidation sites excluding steroid dienone is 2. The first-order valence-corrected chi connectivity index (χ1v) is 10.6. The molecular formula is C21H42N2O2. The predicted octanol–water partition coefficient (Wildman–Crippen LogP) is 5.32. The second-order valence-corrected chi connectivity index (χ2v) is 6.84. The Morgan fingerprint density at radius 3 is 1.76 bits per heavy atom. The number of aliphatic hydroxyl groups excluding tert-OH is 1. The molecule has 0 spiro atoms. The maximum Gasteiger partial charge on any atom is 0.314 e. The van der Waals surface area contributed by atoms with Gasteiger partial charge in [0, 0.05) is 13.1 Å². The van der Waals surface area contributed by atoms with Gasteiger partial charge >= 0.3 is 6.03 Å². The third kappa shape index (κ3) is 20.9. The van der Waals surface area contributed by atoms with E-state index in [0.717, 1.165) is 13.0 Å². The van der Waals surface area contributed by atoms with Crippen LogP contribution in [0.2, 0.25) is 0 Å². The summed E-state index contributed by atoms with van der Waals surface area (Å²) in [6.45, 7) is 3.29. The lowest BCUT2D eigenvalue weighted by atomic mass is 10.1. The first-order chi connectivity index (χ1) is 12.3. The number of aliphatic hydroxyl groups is 1. The zero-order chi connectivity index (χ0) is 18.4. The number of rotatable bonds is 18. The number of hydrogen-bond donors (Lipinski definition) is 3. The molecule has 148 valence electrons. The van der Waals surface area contributed by atoms with E-state index in [0.29, 0.717) is 6.54 Å². The van der Waals surface area contributed by atoms with Gasteiger partial charge in [-0.3, -0.25) is 0 Å². The number of unbranched alkanes of at least 4 members (excludes halogenated alkanes) is 12.